The van der Waals surface area contributed by atoms with Gasteiger partial charge in [-0.05, 0) is 87.5 Å². The number of esters is 1. The second-order valence-corrected chi connectivity index (χ2v) is 15.0. The molecule has 2 heterocycles. The predicted octanol–water partition coefficient (Wildman–Crippen LogP) is 13.1. The van der Waals surface area contributed by atoms with Crippen molar-refractivity contribution in [3.05, 3.63) is 204 Å². The Labute approximate surface area is 360 Å². The highest BCUT2D eigenvalue weighted by atomic mass is 19.4. The number of aliphatic hydroxyl groups excluding tert-OH is 2. The SMILES string of the molecule is CC(O)c1cccc2ccccc12.CCC(=O)O[C@H](C)c1cccc2ccccc12.C[C@H](O)c1cccc2ccccc12.FC(F)(F)C1=CN2C[C@@H](c3ccccc3)N=C2C=C1. The van der Waals surface area contributed by atoms with Crippen molar-refractivity contribution in [2.75, 3.05) is 6.54 Å². The number of fused-ring (bicyclic) bond motifs is 4. The molecule has 6 nitrogen and oxygen atoms in total. The zero-order valence-electron chi connectivity index (χ0n) is 35.2. The van der Waals surface area contributed by atoms with Crippen LogP contribution in [-0.2, 0) is 9.53 Å². The van der Waals surface area contributed by atoms with Gasteiger partial charge in [0.1, 0.15) is 11.9 Å². The van der Waals surface area contributed by atoms with Gasteiger partial charge in [-0.1, -0.05) is 165 Å². The number of aliphatic imine (C=N–C) groups is 1. The third-order valence-electron chi connectivity index (χ3n) is 10.6. The number of carbonyl (C=O) groups is 1. The number of benzene rings is 7. The van der Waals surface area contributed by atoms with Gasteiger partial charge < -0.3 is 19.8 Å². The molecule has 4 atom stereocenters. The minimum absolute atomic E-state index is 0.107. The molecule has 0 aliphatic carbocycles. The Morgan fingerprint density at radius 3 is 1.55 bits per heavy atom. The molecule has 2 N–H and O–H groups in total. The number of nitrogens with zero attached hydrogens (tertiary/aromatic N) is 2. The number of hydrogen-bond donors (Lipinski definition) is 2. The average molecular weight is 837 g/mol. The number of amidine groups is 1. The van der Waals surface area contributed by atoms with Gasteiger partial charge in [0.25, 0.3) is 0 Å². The van der Waals surface area contributed by atoms with Crippen molar-refractivity contribution in [1.29, 1.82) is 0 Å². The van der Waals surface area contributed by atoms with E-state index in [0.29, 0.717) is 18.8 Å². The molecule has 0 aromatic heterocycles. The van der Waals surface area contributed by atoms with Crippen LogP contribution in [0.1, 0.15) is 80.7 Å². The largest absolute Gasteiger partial charge is 0.458 e. The highest BCUT2D eigenvalue weighted by molar-refractivity contribution is 5.97. The van der Waals surface area contributed by atoms with Crippen LogP contribution in [0.25, 0.3) is 32.3 Å². The van der Waals surface area contributed by atoms with Crippen LogP contribution < -0.4 is 0 Å². The molecule has 2 aliphatic rings. The number of halogens is 3. The van der Waals surface area contributed by atoms with E-state index in [-0.39, 0.29) is 18.1 Å². The molecule has 0 amide bonds. The lowest BCUT2D eigenvalue weighted by molar-refractivity contribution is -0.148. The lowest BCUT2D eigenvalue weighted by Gasteiger charge is -2.20. The van der Waals surface area contributed by atoms with Crippen molar-refractivity contribution < 1.29 is 32.9 Å². The highest BCUT2D eigenvalue weighted by Gasteiger charge is 2.36. The van der Waals surface area contributed by atoms with Crippen LogP contribution in [0.5, 0.6) is 0 Å². The first-order valence-corrected chi connectivity index (χ1v) is 20.7. The summed E-state index contributed by atoms with van der Waals surface area (Å²) >= 11 is 0. The Bertz CT molecular complexity index is 2590. The predicted molar refractivity (Wildman–Crippen MR) is 245 cm³/mol. The molecule has 318 valence electrons. The maximum Gasteiger partial charge on any atom is 0.417 e. The monoisotopic (exact) mass is 836 g/mol. The molecule has 7 aromatic rings. The van der Waals surface area contributed by atoms with E-state index in [1.807, 2.05) is 122 Å². The number of alkyl halides is 3. The van der Waals surface area contributed by atoms with Crippen molar-refractivity contribution >= 4 is 44.1 Å². The van der Waals surface area contributed by atoms with E-state index in [1.54, 1.807) is 25.7 Å². The van der Waals surface area contributed by atoms with Crippen LogP contribution in [0, 0.1) is 0 Å². The maximum absolute atomic E-state index is 12.6. The number of hydrogen-bond acceptors (Lipinski definition) is 6. The van der Waals surface area contributed by atoms with E-state index in [9.17, 15) is 28.2 Å². The highest BCUT2D eigenvalue weighted by Crippen LogP contribution is 2.33. The van der Waals surface area contributed by atoms with Gasteiger partial charge in [-0.25, -0.2) is 0 Å². The topological polar surface area (TPSA) is 82.4 Å². The van der Waals surface area contributed by atoms with Gasteiger partial charge in [0.2, 0.25) is 0 Å². The molecule has 0 fully saturated rings. The Hall–Kier alpha value is -6.55. The van der Waals surface area contributed by atoms with Crippen LogP contribution in [0.4, 0.5) is 13.2 Å². The lowest BCUT2D eigenvalue weighted by Crippen LogP contribution is -2.26. The van der Waals surface area contributed by atoms with Gasteiger partial charge in [0.15, 0.2) is 0 Å². The van der Waals surface area contributed by atoms with E-state index >= 15 is 0 Å². The first kappa shape index (κ1) is 45.0. The second kappa shape index (κ2) is 20.8. The number of carbonyl (C=O) groups excluding carboxylic acids is 1. The van der Waals surface area contributed by atoms with E-state index in [4.69, 9.17) is 4.74 Å². The molecule has 2 aliphatic heterocycles. The molecular weight excluding hydrogens is 786 g/mol. The lowest BCUT2D eigenvalue weighted by atomic mass is 10.0. The summed E-state index contributed by atoms with van der Waals surface area (Å²) in [6.07, 6.45) is -1.27. The summed E-state index contributed by atoms with van der Waals surface area (Å²) < 4.78 is 43.3. The first-order valence-electron chi connectivity index (χ1n) is 20.7. The van der Waals surface area contributed by atoms with Gasteiger partial charge >= 0.3 is 12.1 Å². The average Bonchev–Trinajstić information content (AvgIpc) is 3.73. The summed E-state index contributed by atoms with van der Waals surface area (Å²) in [4.78, 5) is 17.3. The van der Waals surface area contributed by atoms with Crippen molar-refractivity contribution in [2.45, 2.75) is 64.6 Å². The molecule has 7 aromatic carbocycles. The van der Waals surface area contributed by atoms with Crippen LogP contribution in [0.2, 0.25) is 0 Å². The summed E-state index contributed by atoms with van der Waals surface area (Å²) in [5, 5.41) is 26.0. The molecule has 1 unspecified atom stereocenters. The Balaban J connectivity index is 0.000000140. The van der Waals surface area contributed by atoms with Crippen molar-refractivity contribution in [3.63, 3.8) is 0 Å². The molecule has 0 bridgehead atoms. The smallest absolute Gasteiger partial charge is 0.417 e. The summed E-state index contributed by atoms with van der Waals surface area (Å²) in [5.74, 6) is 0.423. The van der Waals surface area contributed by atoms with E-state index in [2.05, 4.69) is 47.5 Å². The van der Waals surface area contributed by atoms with Crippen LogP contribution in [0.3, 0.4) is 0 Å². The van der Waals surface area contributed by atoms with Crippen molar-refractivity contribution in [2.24, 2.45) is 4.99 Å². The van der Waals surface area contributed by atoms with Crippen LogP contribution >= 0.6 is 0 Å². The minimum Gasteiger partial charge on any atom is -0.458 e. The van der Waals surface area contributed by atoms with E-state index < -0.39 is 24.0 Å². The fourth-order valence-electron chi connectivity index (χ4n) is 7.39. The second-order valence-electron chi connectivity index (χ2n) is 15.0. The van der Waals surface area contributed by atoms with Gasteiger partial charge in [-0.3, -0.25) is 9.79 Å². The van der Waals surface area contributed by atoms with Gasteiger partial charge in [0.05, 0.1) is 30.4 Å². The van der Waals surface area contributed by atoms with Gasteiger partial charge in [0, 0.05) is 12.6 Å². The van der Waals surface area contributed by atoms with E-state index in [1.165, 1.54) is 22.2 Å². The van der Waals surface area contributed by atoms with E-state index in [0.717, 1.165) is 50.7 Å². The Morgan fingerprint density at radius 1 is 0.645 bits per heavy atom. The number of allylic oxidation sites excluding steroid dienone is 2. The molecule has 62 heavy (non-hydrogen) atoms. The third-order valence-corrected chi connectivity index (χ3v) is 10.6. The molecular formula is C53H51F3N2O4. The first-order chi connectivity index (χ1) is 29.8. The van der Waals surface area contributed by atoms with Crippen molar-refractivity contribution in [1.82, 2.24) is 4.90 Å². The van der Waals surface area contributed by atoms with Crippen molar-refractivity contribution in [3.8, 4) is 0 Å². The third kappa shape index (κ3) is 11.4. The molecule has 9 heteroatoms. The van der Waals surface area contributed by atoms with Crippen LogP contribution in [0.15, 0.2) is 187 Å². The minimum atomic E-state index is -4.31. The molecule has 0 spiro atoms. The Morgan fingerprint density at radius 2 is 1.08 bits per heavy atom. The maximum atomic E-state index is 12.6. The van der Waals surface area contributed by atoms with Gasteiger partial charge in [-0.2, -0.15) is 13.2 Å². The van der Waals surface area contributed by atoms with Gasteiger partial charge in [-0.15, -0.1) is 0 Å². The number of ether oxygens (including phenoxy) is 1. The summed E-state index contributed by atoms with van der Waals surface area (Å²) in [6, 6.07) is 51.9. The zero-order chi connectivity index (χ0) is 44.2. The molecule has 0 saturated carbocycles. The standard InChI is InChI=1S/C15H16O2.C14H11F3N2.2C12H12O/c1-3-15(16)17-11(2)13-10-6-8-12-7-4-5-9-14(12)13;15-14(16,17)11-6-7-13-18-12(9-19(13)8-11)10-4-2-1-3-5-10;2*1-9(13)11-8-4-6-10-5-2-3-7-12(10)11/h4-11H,3H2,1-2H3;1-8,12H,9H2;2*2-9,13H,1H3/t11-;12-;9-;/m100./s1. The summed E-state index contributed by atoms with van der Waals surface area (Å²) in [7, 11) is 0. The van der Waals surface area contributed by atoms with Crippen LogP contribution in [-0.4, -0.2) is 39.6 Å². The zero-order valence-corrected chi connectivity index (χ0v) is 35.2. The quantitative estimate of drug-likeness (QED) is 0.163. The fourth-order valence-corrected chi connectivity index (χ4v) is 7.39. The number of aliphatic hydroxyl groups is 2. The molecule has 0 saturated heterocycles. The molecule has 9 rings (SSSR count). The normalized spacial score (nSPS) is 15.6. The Kier molecular flexibility index (Phi) is 15.1. The summed E-state index contributed by atoms with van der Waals surface area (Å²) in [5.41, 5.74) is 3.43. The molecule has 0 radical (unpaired) electrons. The summed E-state index contributed by atoms with van der Waals surface area (Å²) in [6.45, 7) is 7.75. The fraction of sp³-hybridized carbons (Fsp3) is 0.208. The number of rotatable bonds is 6.